The number of carbonyl (C=O) groups is 1. The molecule has 4 nitrogen and oxygen atoms in total. The minimum absolute atomic E-state index is 0.0479. The zero-order chi connectivity index (χ0) is 12.4. The number of furan rings is 1. The van der Waals surface area contributed by atoms with Crippen LogP contribution in [0.4, 0.5) is 4.39 Å². The van der Waals surface area contributed by atoms with Crippen molar-refractivity contribution >= 4 is 16.9 Å². The number of carbonyl (C=O) groups excluding carboxylic acids is 1. The van der Waals surface area contributed by atoms with Crippen LogP contribution in [0, 0.1) is 5.82 Å². The molecule has 0 aliphatic heterocycles. The molecule has 0 amide bonds. The summed E-state index contributed by atoms with van der Waals surface area (Å²) in [5, 5.41) is 9.28. The van der Waals surface area contributed by atoms with Crippen LogP contribution in [0.5, 0.6) is 0 Å². The van der Waals surface area contributed by atoms with E-state index < -0.39 is 11.8 Å². The number of esters is 1. The molecule has 17 heavy (non-hydrogen) atoms. The monoisotopic (exact) mass is 238 g/mol. The molecule has 1 heterocycles. The van der Waals surface area contributed by atoms with Gasteiger partial charge in [0.1, 0.15) is 22.7 Å². The Labute approximate surface area is 96.6 Å². The second-order valence-electron chi connectivity index (χ2n) is 3.55. The molecule has 5 heteroatoms. The molecule has 0 aliphatic carbocycles. The van der Waals surface area contributed by atoms with E-state index >= 15 is 0 Å². The average Bonchev–Trinajstić information content (AvgIpc) is 2.69. The molecule has 0 atom stereocenters. The lowest BCUT2D eigenvalue weighted by molar-refractivity contribution is 0.0601. The lowest BCUT2D eigenvalue weighted by Crippen LogP contribution is -2.02. The lowest BCUT2D eigenvalue weighted by atomic mass is 10.1. The number of ether oxygens (including phenoxy) is 1. The first-order valence-electron chi connectivity index (χ1n) is 5.07. The zero-order valence-corrected chi connectivity index (χ0v) is 9.20. The van der Waals surface area contributed by atoms with Gasteiger partial charge >= 0.3 is 5.97 Å². The molecule has 0 saturated carbocycles. The minimum atomic E-state index is -0.653. The second kappa shape index (κ2) is 4.55. The summed E-state index contributed by atoms with van der Waals surface area (Å²) in [6.07, 6.45) is 0.316. The Bertz CT molecular complexity index is 559. The van der Waals surface area contributed by atoms with Crippen molar-refractivity contribution in [3.05, 3.63) is 35.3 Å². The molecule has 90 valence electrons. The number of halogens is 1. The van der Waals surface area contributed by atoms with Crippen molar-refractivity contribution in [3.63, 3.8) is 0 Å². The van der Waals surface area contributed by atoms with Crippen LogP contribution in [0.25, 0.3) is 11.0 Å². The molecule has 0 fully saturated rings. The summed E-state index contributed by atoms with van der Waals surface area (Å²) in [5.74, 6) is -0.688. The van der Waals surface area contributed by atoms with Crippen molar-refractivity contribution in [2.45, 2.75) is 6.42 Å². The average molecular weight is 238 g/mol. The van der Waals surface area contributed by atoms with Gasteiger partial charge in [0.2, 0.25) is 0 Å². The number of aliphatic hydroxyl groups is 1. The van der Waals surface area contributed by atoms with E-state index in [1.54, 1.807) is 6.07 Å². The Morgan fingerprint density at radius 2 is 2.24 bits per heavy atom. The Kier molecular flexibility index (Phi) is 3.10. The van der Waals surface area contributed by atoms with Crippen LogP contribution in [0.2, 0.25) is 0 Å². The SMILES string of the molecule is COC(=O)c1cc(F)cc2cc(CCO)oc12. The van der Waals surface area contributed by atoms with E-state index in [4.69, 9.17) is 9.52 Å². The van der Waals surface area contributed by atoms with Gasteiger partial charge in [0.05, 0.1) is 13.7 Å². The van der Waals surface area contributed by atoms with E-state index in [1.807, 2.05) is 0 Å². The van der Waals surface area contributed by atoms with Gasteiger partial charge in [0, 0.05) is 11.8 Å². The highest BCUT2D eigenvalue weighted by molar-refractivity contribution is 6.02. The van der Waals surface area contributed by atoms with Crippen LogP contribution in [0.1, 0.15) is 16.1 Å². The third-order valence-corrected chi connectivity index (χ3v) is 2.40. The quantitative estimate of drug-likeness (QED) is 0.829. The van der Waals surface area contributed by atoms with Gasteiger partial charge in [-0.3, -0.25) is 0 Å². The fraction of sp³-hybridized carbons (Fsp3) is 0.250. The van der Waals surface area contributed by atoms with Crippen LogP contribution < -0.4 is 0 Å². The first kappa shape index (κ1) is 11.6. The molecule has 1 aromatic heterocycles. The molecule has 0 aliphatic rings. The predicted octanol–water partition coefficient (Wildman–Crippen LogP) is 1.89. The van der Waals surface area contributed by atoms with Crippen molar-refractivity contribution in [1.29, 1.82) is 0 Å². The molecule has 2 rings (SSSR count). The second-order valence-corrected chi connectivity index (χ2v) is 3.55. The van der Waals surface area contributed by atoms with Gasteiger partial charge in [0.15, 0.2) is 0 Å². The Hall–Kier alpha value is -1.88. The smallest absolute Gasteiger partial charge is 0.341 e. The van der Waals surface area contributed by atoms with Crippen LogP contribution in [0.3, 0.4) is 0 Å². The summed E-state index contributed by atoms with van der Waals surface area (Å²) < 4.78 is 23.2. The summed E-state index contributed by atoms with van der Waals surface area (Å²) in [6, 6.07) is 3.94. The van der Waals surface area contributed by atoms with Gasteiger partial charge in [-0.1, -0.05) is 0 Å². The topological polar surface area (TPSA) is 59.7 Å². The number of hydrogen-bond donors (Lipinski definition) is 1. The molecule has 1 aromatic carbocycles. The zero-order valence-electron chi connectivity index (χ0n) is 9.20. The minimum Gasteiger partial charge on any atom is -0.465 e. The standard InChI is InChI=1S/C12H11FO4/c1-16-12(15)10-6-8(13)4-7-5-9(2-3-14)17-11(7)10/h4-6,14H,2-3H2,1H3. The van der Waals surface area contributed by atoms with Gasteiger partial charge in [-0.15, -0.1) is 0 Å². The number of fused-ring (bicyclic) bond motifs is 1. The number of rotatable bonds is 3. The van der Waals surface area contributed by atoms with E-state index in [0.717, 1.165) is 6.07 Å². The lowest BCUT2D eigenvalue weighted by Gasteiger charge is -2.00. The first-order valence-corrected chi connectivity index (χ1v) is 5.07. The summed E-state index contributed by atoms with van der Waals surface area (Å²) >= 11 is 0. The van der Waals surface area contributed by atoms with Crippen LogP contribution >= 0.6 is 0 Å². The van der Waals surface area contributed by atoms with Crippen LogP contribution in [0.15, 0.2) is 22.6 Å². The largest absolute Gasteiger partial charge is 0.465 e. The molecule has 1 N–H and O–H groups in total. The maximum Gasteiger partial charge on any atom is 0.341 e. The molecular weight excluding hydrogens is 227 g/mol. The number of aliphatic hydroxyl groups excluding tert-OH is 1. The van der Waals surface area contributed by atoms with Crippen molar-refractivity contribution < 1.29 is 23.4 Å². The van der Waals surface area contributed by atoms with E-state index in [2.05, 4.69) is 4.74 Å². The highest BCUT2D eigenvalue weighted by Gasteiger charge is 2.16. The fourth-order valence-electron chi connectivity index (χ4n) is 1.66. The van der Waals surface area contributed by atoms with Crippen LogP contribution in [-0.4, -0.2) is 24.8 Å². The predicted molar refractivity (Wildman–Crippen MR) is 58.3 cm³/mol. The van der Waals surface area contributed by atoms with Crippen LogP contribution in [-0.2, 0) is 11.2 Å². The summed E-state index contributed by atoms with van der Waals surface area (Å²) in [7, 11) is 1.22. The van der Waals surface area contributed by atoms with Crippen molar-refractivity contribution in [3.8, 4) is 0 Å². The number of methoxy groups -OCH3 is 1. The maximum absolute atomic E-state index is 13.3. The highest BCUT2D eigenvalue weighted by Crippen LogP contribution is 2.25. The summed E-state index contributed by atoms with van der Waals surface area (Å²) in [6.45, 7) is -0.0736. The van der Waals surface area contributed by atoms with E-state index in [-0.39, 0.29) is 17.8 Å². The van der Waals surface area contributed by atoms with Gasteiger partial charge in [-0.2, -0.15) is 0 Å². The normalized spacial score (nSPS) is 10.8. The Morgan fingerprint density at radius 1 is 1.47 bits per heavy atom. The van der Waals surface area contributed by atoms with Gasteiger partial charge in [-0.25, -0.2) is 9.18 Å². The number of hydrogen-bond acceptors (Lipinski definition) is 4. The van der Waals surface area contributed by atoms with Gasteiger partial charge < -0.3 is 14.3 Å². The Morgan fingerprint density at radius 3 is 2.88 bits per heavy atom. The summed E-state index contributed by atoms with van der Waals surface area (Å²) in [4.78, 5) is 11.4. The van der Waals surface area contributed by atoms with E-state index in [9.17, 15) is 9.18 Å². The fourth-order valence-corrected chi connectivity index (χ4v) is 1.66. The third-order valence-electron chi connectivity index (χ3n) is 2.40. The van der Waals surface area contributed by atoms with E-state index in [1.165, 1.54) is 13.2 Å². The molecule has 0 bridgehead atoms. The molecule has 0 spiro atoms. The Balaban J connectivity index is 2.61. The molecule has 0 unspecified atom stereocenters. The molecule has 0 saturated heterocycles. The molecule has 2 aromatic rings. The molecular formula is C12H11FO4. The third kappa shape index (κ3) is 2.14. The van der Waals surface area contributed by atoms with E-state index in [0.29, 0.717) is 17.6 Å². The van der Waals surface area contributed by atoms with Crippen molar-refractivity contribution in [2.24, 2.45) is 0 Å². The maximum atomic E-state index is 13.3. The molecule has 0 radical (unpaired) electrons. The highest BCUT2D eigenvalue weighted by atomic mass is 19.1. The van der Waals surface area contributed by atoms with Gasteiger partial charge in [0.25, 0.3) is 0 Å². The van der Waals surface area contributed by atoms with Crippen molar-refractivity contribution in [2.75, 3.05) is 13.7 Å². The van der Waals surface area contributed by atoms with Crippen molar-refractivity contribution in [1.82, 2.24) is 0 Å². The number of benzene rings is 1. The first-order chi connectivity index (χ1) is 8.15. The summed E-state index contributed by atoms with van der Waals surface area (Å²) in [5.41, 5.74) is 0.327. The van der Waals surface area contributed by atoms with Gasteiger partial charge in [-0.05, 0) is 18.2 Å².